The molecule has 20 heavy (non-hydrogen) atoms. The Morgan fingerprint density at radius 1 is 1.05 bits per heavy atom. The Labute approximate surface area is 120 Å². The van der Waals surface area contributed by atoms with Crippen molar-refractivity contribution in [2.75, 3.05) is 18.0 Å². The fourth-order valence-electron chi connectivity index (χ4n) is 3.50. The fourth-order valence-corrected chi connectivity index (χ4v) is 3.50. The molecule has 1 heterocycles. The summed E-state index contributed by atoms with van der Waals surface area (Å²) >= 11 is 0. The molecule has 4 rings (SSSR count). The van der Waals surface area contributed by atoms with Crippen LogP contribution in [0.4, 0.5) is 5.69 Å². The summed E-state index contributed by atoms with van der Waals surface area (Å²) in [6, 6.07) is 16.7. The molecule has 1 saturated carbocycles. The van der Waals surface area contributed by atoms with Crippen LogP contribution in [0, 0.1) is 5.92 Å². The number of piperazine rings is 1. The highest BCUT2D eigenvalue weighted by Crippen LogP contribution is 2.36. The maximum absolute atomic E-state index is 3.74. The second-order valence-corrected chi connectivity index (χ2v) is 6.35. The van der Waals surface area contributed by atoms with Crippen LogP contribution in [0.2, 0.25) is 0 Å². The first-order chi connectivity index (χ1) is 9.83. The zero-order valence-corrected chi connectivity index (χ0v) is 12.0. The van der Waals surface area contributed by atoms with Crippen LogP contribution in [0.5, 0.6) is 0 Å². The molecule has 1 N–H and O–H groups in total. The van der Waals surface area contributed by atoms with E-state index in [0.29, 0.717) is 12.1 Å². The largest absolute Gasteiger partial charge is 0.365 e. The minimum atomic E-state index is 0.566. The van der Waals surface area contributed by atoms with Gasteiger partial charge in [0, 0.05) is 36.2 Å². The van der Waals surface area contributed by atoms with Crippen LogP contribution in [0.25, 0.3) is 10.8 Å². The third-order valence-electron chi connectivity index (χ3n) is 4.87. The Morgan fingerprint density at radius 2 is 1.85 bits per heavy atom. The van der Waals surface area contributed by atoms with E-state index in [1.165, 1.54) is 29.3 Å². The Balaban J connectivity index is 1.72. The van der Waals surface area contributed by atoms with Gasteiger partial charge in [-0.25, -0.2) is 0 Å². The molecule has 2 aliphatic rings. The highest BCUT2D eigenvalue weighted by molar-refractivity contribution is 5.94. The standard InChI is InChI=1S/C18H22N2/c1-13-11-19-17(15-9-10-15)12-20(13)18-8-4-6-14-5-2-3-7-16(14)18/h2-8,13,15,17,19H,9-12H2,1H3. The van der Waals surface area contributed by atoms with Gasteiger partial charge in [0.2, 0.25) is 0 Å². The minimum Gasteiger partial charge on any atom is -0.365 e. The number of rotatable bonds is 2. The van der Waals surface area contributed by atoms with E-state index >= 15 is 0 Å². The molecule has 1 aliphatic carbocycles. The zero-order valence-electron chi connectivity index (χ0n) is 12.0. The summed E-state index contributed by atoms with van der Waals surface area (Å²) in [5, 5.41) is 6.47. The van der Waals surface area contributed by atoms with Gasteiger partial charge in [-0.3, -0.25) is 0 Å². The van der Waals surface area contributed by atoms with Crippen LogP contribution >= 0.6 is 0 Å². The van der Waals surface area contributed by atoms with Crippen molar-refractivity contribution in [3.8, 4) is 0 Å². The van der Waals surface area contributed by atoms with Crippen LogP contribution in [-0.2, 0) is 0 Å². The molecule has 2 aromatic rings. The summed E-state index contributed by atoms with van der Waals surface area (Å²) in [7, 11) is 0. The summed E-state index contributed by atoms with van der Waals surface area (Å²) in [4.78, 5) is 2.61. The molecule has 0 aromatic heterocycles. The lowest BCUT2D eigenvalue weighted by atomic mass is 10.0. The summed E-state index contributed by atoms with van der Waals surface area (Å²) in [6.45, 7) is 4.59. The van der Waals surface area contributed by atoms with Crippen LogP contribution < -0.4 is 10.2 Å². The number of fused-ring (bicyclic) bond motifs is 1. The minimum absolute atomic E-state index is 0.566. The molecule has 0 spiro atoms. The van der Waals surface area contributed by atoms with E-state index in [1.54, 1.807) is 0 Å². The molecule has 0 amide bonds. The lowest BCUT2D eigenvalue weighted by molar-refractivity contribution is 0.376. The Hall–Kier alpha value is -1.54. The van der Waals surface area contributed by atoms with Crippen molar-refractivity contribution >= 4 is 16.5 Å². The predicted molar refractivity (Wildman–Crippen MR) is 85.3 cm³/mol. The molecule has 2 fully saturated rings. The number of benzene rings is 2. The number of hydrogen-bond donors (Lipinski definition) is 1. The Kier molecular flexibility index (Phi) is 2.92. The second-order valence-electron chi connectivity index (χ2n) is 6.35. The van der Waals surface area contributed by atoms with Crippen molar-refractivity contribution in [3.05, 3.63) is 42.5 Å². The molecule has 1 aliphatic heterocycles. The van der Waals surface area contributed by atoms with Gasteiger partial charge in [-0.2, -0.15) is 0 Å². The van der Waals surface area contributed by atoms with Gasteiger partial charge in [-0.1, -0.05) is 36.4 Å². The molecule has 2 nitrogen and oxygen atoms in total. The van der Waals surface area contributed by atoms with Crippen LogP contribution in [0.3, 0.4) is 0 Å². The summed E-state index contributed by atoms with van der Waals surface area (Å²) < 4.78 is 0. The van der Waals surface area contributed by atoms with Crippen molar-refractivity contribution in [1.29, 1.82) is 0 Å². The fraction of sp³-hybridized carbons (Fsp3) is 0.444. The van der Waals surface area contributed by atoms with E-state index in [2.05, 4.69) is 59.6 Å². The normalized spacial score (nSPS) is 26.9. The number of nitrogens with zero attached hydrogens (tertiary/aromatic N) is 1. The van der Waals surface area contributed by atoms with Gasteiger partial charge < -0.3 is 10.2 Å². The lowest BCUT2D eigenvalue weighted by Gasteiger charge is -2.41. The first-order valence-corrected chi connectivity index (χ1v) is 7.81. The maximum atomic E-state index is 3.74. The van der Waals surface area contributed by atoms with E-state index in [-0.39, 0.29) is 0 Å². The van der Waals surface area contributed by atoms with Crippen molar-refractivity contribution in [1.82, 2.24) is 5.32 Å². The maximum Gasteiger partial charge on any atom is 0.0449 e. The third-order valence-corrected chi connectivity index (χ3v) is 4.87. The highest BCUT2D eigenvalue weighted by Gasteiger charge is 2.36. The molecule has 1 saturated heterocycles. The van der Waals surface area contributed by atoms with Gasteiger partial charge in [-0.15, -0.1) is 0 Å². The Morgan fingerprint density at radius 3 is 2.70 bits per heavy atom. The van der Waals surface area contributed by atoms with E-state index in [9.17, 15) is 0 Å². The molecule has 104 valence electrons. The predicted octanol–water partition coefficient (Wildman–Crippen LogP) is 3.42. The first kappa shape index (κ1) is 12.2. The zero-order chi connectivity index (χ0) is 13.5. The van der Waals surface area contributed by atoms with E-state index in [0.717, 1.165) is 19.0 Å². The van der Waals surface area contributed by atoms with Gasteiger partial charge in [-0.05, 0) is 37.1 Å². The van der Waals surface area contributed by atoms with Crippen molar-refractivity contribution < 1.29 is 0 Å². The molecule has 0 radical (unpaired) electrons. The Bertz CT molecular complexity index is 612. The van der Waals surface area contributed by atoms with Gasteiger partial charge in [0.25, 0.3) is 0 Å². The average molecular weight is 266 g/mol. The van der Waals surface area contributed by atoms with Crippen LogP contribution in [-0.4, -0.2) is 25.2 Å². The summed E-state index contributed by atoms with van der Waals surface area (Å²) in [5.41, 5.74) is 1.41. The van der Waals surface area contributed by atoms with Gasteiger partial charge in [0.1, 0.15) is 0 Å². The quantitative estimate of drug-likeness (QED) is 0.896. The molecule has 2 atom stereocenters. The van der Waals surface area contributed by atoms with E-state index in [4.69, 9.17) is 0 Å². The highest BCUT2D eigenvalue weighted by atomic mass is 15.2. The third kappa shape index (κ3) is 2.08. The molecule has 0 bridgehead atoms. The van der Waals surface area contributed by atoms with Crippen molar-refractivity contribution in [3.63, 3.8) is 0 Å². The number of hydrogen-bond acceptors (Lipinski definition) is 2. The van der Waals surface area contributed by atoms with Crippen LogP contribution in [0.1, 0.15) is 19.8 Å². The first-order valence-electron chi connectivity index (χ1n) is 7.81. The number of nitrogens with one attached hydrogen (secondary N) is 1. The topological polar surface area (TPSA) is 15.3 Å². The summed E-state index contributed by atoms with van der Waals surface area (Å²) in [5.74, 6) is 0.917. The molecular weight excluding hydrogens is 244 g/mol. The molecule has 2 heteroatoms. The second kappa shape index (κ2) is 4.78. The molecule has 2 unspecified atom stereocenters. The van der Waals surface area contributed by atoms with E-state index in [1.807, 2.05) is 0 Å². The molecule has 2 aromatic carbocycles. The monoisotopic (exact) mass is 266 g/mol. The van der Waals surface area contributed by atoms with Gasteiger partial charge in [0.15, 0.2) is 0 Å². The summed E-state index contributed by atoms with van der Waals surface area (Å²) in [6.07, 6.45) is 2.82. The van der Waals surface area contributed by atoms with Crippen LogP contribution in [0.15, 0.2) is 42.5 Å². The van der Waals surface area contributed by atoms with Gasteiger partial charge >= 0.3 is 0 Å². The van der Waals surface area contributed by atoms with Crippen molar-refractivity contribution in [2.24, 2.45) is 5.92 Å². The molecular formula is C18H22N2. The van der Waals surface area contributed by atoms with Crippen molar-refractivity contribution in [2.45, 2.75) is 31.8 Å². The smallest absolute Gasteiger partial charge is 0.0449 e. The lowest BCUT2D eigenvalue weighted by Crippen LogP contribution is -2.56. The number of anilines is 1. The van der Waals surface area contributed by atoms with Gasteiger partial charge in [0.05, 0.1) is 0 Å². The average Bonchev–Trinajstić information content (AvgIpc) is 3.32. The van der Waals surface area contributed by atoms with E-state index < -0.39 is 0 Å². The SMILES string of the molecule is CC1CNC(C2CC2)CN1c1cccc2ccccc12.